The fourth-order valence-corrected chi connectivity index (χ4v) is 5.15. The lowest BCUT2D eigenvalue weighted by molar-refractivity contribution is -0.118. The summed E-state index contributed by atoms with van der Waals surface area (Å²) in [7, 11) is 0. The molecule has 53 heavy (non-hydrogen) atoms. The van der Waals surface area contributed by atoms with Gasteiger partial charge in [-0.2, -0.15) is 10.5 Å². The van der Waals surface area contributed by atoms with Crippen LogP contribution in [0.15, 0.2) is 60.9 Å². The molecule has 2 saturated carbocycles. The van der Waals surface area contributed by atoms with Crippen LogP contribution < -0.4 is 21.3 Å². The van der Waals surface area contributed by atoms with Crippen molar-refractivity contribution in [3.63, 3.8) is 0 Å². The molecule has 4 atom stereocenters. The highest BCUT2D eigenvalue weighted by molar-refractivity contribution is 6.35. The molecule has 0 unspecified atom stereocenters. The van der Waals surface area contributed by atoms with Gasteiger partial charge < -0.3 is 21.3 Å². The Morgan fingerprint density at radius 1 is 0.660 bits per heavy atom. The van der Waals surface area contributed by atoms with Crippen molar-refractivity contribution in [3.05, 3.63) is 105 Å². The third-order valence-electron chi connectivity index (χ3n) is 7.43. The molecule has 0 aliphatic heterocycles. The number of hydrogen-bond acceptors (Lipinski definition) is 8. The summed E-state index contributed by atoms with van der Waals surface area (Å²) in [5.74, 6) is -5.62. The molecule has 2 aliphatic rings. The summed E-state index contributed by atoms with van der Waals surface area (Å²) >= 11 is 11.7. The highest BCUT2D eigenvalue weighted by atomic mass is 35.5. The number of carbonyl (C=O) groups excluding carboxylic acids is 4. The van der Waals surface area contributed by atoms with E-state index >= 15 is 0 Å². The van der Waals surface area contributed by atoms with Crippen LogP contribution in [0.5, 0.6) is 0 Å². The van der Waals surface area contributed by atoms with Crippen molar-refractivity contribution in [2.45, 2.75) is 32.6 Å². The number of nitriles is 2. The summed E-state index contributed by atoms with van der Waals surface area (Å²) in [6.45, 7) is 0. The van der Waals surface area contributed by atoms with Crippen molar-refractivity contribution in [1.82, 2.24) is 9.97 Å². The molecule has 12 nitrogen and oxygen atoms in total. The number of aromatic nitrogens is 2. The van der Waals surface area contributed by atoms with E-state index < -0.39 is 70.6 Å². The van der Waals surface area contributed by atoms with Crippen molar-refractivity contribution in [3.8, 4) is 12.1 Å². The van der Waals surface area contributed by atoms with Gasteiger partial charge in [0.2, 0.25) is 11.8 Å². The summed E-state index contributed by atoms with van der Waals surface area (Å²) in [4.78, 5) is 55.8. The predicted octanol–water partition coefficient (Wildman–Crippen LogP) is 7.23. The number of nitrogens with one attached hydrogen (secondary N) is 4. The number of benzene rings is 2. The van der Waals surface area contributed by atoms with Crippen LogP contribution in [-0.2, 0) is 9.59 Å². The first-order valence-corrected chi connectivity index (χ1v) is 15.8. The van der Waals surface area contributed by atoms with Crippen LogP contribution in [0, 0.1) is 46.1 Å². The summed E-state index contributed by atoms with van der Waals surface area (Å²) in [5, 5.41) is 26.9. The Kier molecular flexibility index (Phi) is 12.7. The highest BCUT2D eigenvalue weighted by Gasteiger charge is 2.44. The van der Waals surface area contributed by atoms with Crippen molar-refractivity contribution in [2.24, 2.45) is 11.8 Å². The van der Waals surface area contributed by atoms with Crippen LogP contribution in [-0.4, -0.2) is 45.9 Å². The van der Waals surface area contributed by atoms with E-state index in [2.05, 4.69) is 31.2 Å². The molecule has 0 spiro atoms. The molecule has 0 radical (unpaired) electrons. The maximum absolute atomic E-state index is 14.0. The van der Waals surface area contributed by atoms with Gasteiger partial charge >= 0.3 is 0 Å². The Morgan fingerprint density at radius 2 is 1.02 bits per heavy atom. The van der Waals surface area contributed by atoms with E-state index in [0.29, 0.717) is 0 Å². The average Bonchev–Trinajstić information content (AvgIpc) is 4.01. The van der Waals surface area contributed by atoms with Crippen LogP contribution in [0.1, 0.15) is 52.1 Å². The van der Waals surface area contributed by atoms with Crippen molar-refractivity contribution < 1.29 is 36.7 Å². The second kappa shape index (κ2) is 16.9. The first-order valence-electron chi connectivity index (χ1n) is 15.0. The third kappa shape index (κ3) is 10.0. The molecule has 2 aromatic heterocycles. The average molecular weight is 770 g/mol. The number of halogens is 6. The molecule has 18 heteroatoms. The van der Waals surface area contributed by atoms with E-state index in [1.807, 2.05) is 0 Å². The van der Waals surface area contributed by atoms with E-state index in [1.54, 1.807) is 12.1 Å². The molecule has 4 aromatic rings. The van der Waals surface area contributed by atoms with Gasteiger partial charge in [0.1, 0.15) is 35.6 Å². The van der Waals surface area contributed by atoms with Gasteiger partial charge in [0.05, 0.1) is 56.3 Å². The zero-order chi connectivity index (χ0) is 37.7. The van der Waals surface area contributed by atoms with Gasteiger partial charge in [0, 0.05) is 35.9 Å². The van der Waals surface area contributed by atoms with Gasteiger partial charge in [-0.1, -0.05) is 30.6 Å². The van der Waals surface area contributed by atoms with Gasteiger partial charge in [-0.05, 0) is 49.2 Å². The molecule has 2 aliphatic carbocycles. The molecule has 4 N–H and O–H groups in total. The van der Waals surface area contributed by atoms with E-state index in [4.69, 9.17) is 33.7 Å². The maximum atomic E-state index is 14.0. The third-order valence-corrected chi connectivity index (χ3v) is 8.03. The second-order valence-corrected chi connectivity index (χ2v) is 12.1. The molecule has 2 aromatic carbocycles. The fraction of sp³-hybridized carbons (Fsp3) is 0.200. The first-order chi connectivity index (χ1) is 24.8. The first kappa shape index (κ1) is 39.7. The van der Waals surface area contributed by atoms with Crippen molar-refractivity contribution in [1.29, 1.82) is 10.5 Å². The predicted molar refractivity (Wildman–Crippen MR) is 187 cm³/mol. The van der Waals surface area contributed by atoms with Crippen LogP contribution in [0.4, 0.5) is 40.6 Å². The minimum absolute atomic E-state index is 0. The van der Waals surface area contributed by atoms with Gasteiger partial charge in [0.15, 0.2) is 0 Å². The van der Waals surface area contributed by atoms with Gasteiger partial charge in [-0.3, -0.25) is 19.2 Å². The fourth-order valence-electron chi connectivity index (χ4n) is 4.56. The SMILES string of the molecule is C.N#Cc1cc(F)c(C(=O)Nc2ccnc(NC(=O)[C@@H]3C[C@@H]3F)c2)c(Cl)c1.N#Cc1cc(F)c(C(=O)Nc2ccnc(NC(=O)[C@H]3C[C@H]3F)c2)c(Cl)c1. The number of rotatable bonds is 8. The Bertz CT molecular complexity index is 2000. The van der Waals surface area contributed by atoms with Crippen molar-refractivity contribution in [2.75, 3.05) is 21.3 Å². The minimum atomic E-state index is -1.14. The maximum Gasteiger partial charge on any atom is 0.260 e. The van der Waals surface area contributed by atoms with E-state index in [1.165, 1.54) is 48.8 Å². The smallest absolute Gasteiger partial charge is 0.260 e. The molecule has 272 valence electrons. The van der Waals surface area contributed by atoms with Crippen LogP contribution in [0.3, 0.4) is 0 Å². The minimum Gasteiger partial charge on any atom is -0.322 e. The quantitative estimate of drug-likeness (QED) is 0.135. The highest BCUT2D eigenvalue weighted by Crippen LogP contribution is 2.35. The molecule has 2 fully saturated rings. The summed E-state index contributed by atoms with van der Waals surface area (Å²) in [6, 6.07) is 13.2. The topological polar surface area (TPSA) is 190 Å². The largest absolute Gasteiger partial charge is 0.322 e. The van der Waals surface area contributed by atoms with E-state index in [0.717, 1.165) is 12.1 Å². The molecule has 2 heterocycles. The number of pyridine rings is 2. The zero-order valence-electron chi connectivity index (χ0n) is 26.2. The molecule has 0 saturated heterocycles. The lowest BCUT2D eigenvalue weighted by Crippen LogP contribution is -2.17. The lowest BCUT2D eigenvalue weighted by atomic mass is 10.1. The normalized spacial score (nSPS) is 17.6. The molecule has 4 amide bonds. The zero-order valence-corrected chi connectivity index (χ0v) is 27.7. The lowest BCUT2D eigenvalue weighted by Gasteiger charge is -2.10. The summed E-state index contributed by atoms with van der Waals surface area (Å²) in [5.41, 5.74) is -0.383. The number of amides is 4. The van der Waals surface area contributed by atoms with Gasteiger partial charge in [-0.25, -0.2) is 27.5 Å². The Labute approximate surface area is 309 Å². The Balaban J connectivity index is 0.000000232. The van der Waals surface area contributed by atoms with Crippen LogP contribution in [0.25, 0.3) is 0 Å². The molecule has 6 rings (SSSR count). The number of alkyl halides is 2. The Morgan fingerprint density at radius 3 is 1.32 bits per heavy atom. The van der Waals surface area contributed by atoms with Crippen LogP contribution in [0.2, 0.25) is 10.0 Å². The molecular formula is C35H26Cl2F4N8O4. The molecule has 0 bridgehead atoms. The number of hydrogen-bond donors (Lipinski definition) is 4. The van der Waals surface area contributed by atoms with Gasteiger partial charge in [-0.15, -0.1) is 0 Å². The number of anilines is 4. The van der Waals surface area contributed by atoms with Crippen LogP contribution >= 0.6 is 23.2 Å². The Hall–Kier alpha value is -6.10. The van der Waals surface area contributed by atoms with E-state index in [9.17, 15) is 36.7 Å². The standard InChI is InChI=1S/2C17H11ClF2N4O2.CH4/c2*18-11-3-8(7-21)4-13(20)15(11)17(26)23-9-1-2-22-14(5-9)24-16(25)10-6-12(10)19;/h2*1-5,10,12H,6H2,(H2,22,23,24,25,26);1H4/t2*10-,12+;/m10./s1. The summed E-state index contributed by atoms with van der Waals surface area (Å²) < 4.78 is 53.8. The van der Waals surface area contributed by atoms with Gasteiger partial charge in [0.25, 0.3) is 11.8 Å². The van der Waals surface area contributed by atoms with Crippen molar-refractivity contribution >= 4 is 69.8 Å². The number of nitrogens with zero attached hydrogens (tertiary/aromatic N) is 4. The van der Waals surface area contributed by atoms with E-state index in [-0.39, 0.29) is 64.5 Å². The second-order valence-electron chi connectivity index (χ2n) is 11.3. The molecular weight excluding hydrogens is 743 g/mol. The summed E-state index contributed by atoms with van der Waals surface area (Å²) in [6.07, 6.45) is 0.722. The monoisotopic (exact) mass is 768 g/mol. The number of carbonyl (C=O) groups is 4.